The molecule has 0 radical (unpaired) electrons. The van der Waals surface area contributed by atoms with Crippen LogP contribution in [0.2, 0.25) is 0 Å². The molecule has 0 fully saturated rings. The van der Waals surface area contributed by atoms with Crippen LogP contribution in [0, 0.1) is 0 Å². The molecule has 2 aliphatic heterocycles. The zero-order valence-electron chi connectivity index (χ0n) is 27.6. The molecule has 0 aliphatic carbocycles. The summed E-state index contributed by atoms with van der Waals surface area (Å²) in [7, 11) is 4.43. The van der Waals surface area contributed by atoms with Crippen LogP contribution in [0.3, 0.4) is 0 Å². The van der Waals surface area contributed by atoms with Gasteiger partial charge in [0.2, 0.25) is 0 Å². The van der Waals surface area contributed by atoms with Gasteiger partial charge in [0, 0.05) is 39.1 Å². The maximum absolute atomic E-state index is 6.51. The van der Waals surface area contributed by atoms with E-state index in [2.05, 4.69) is 62.0 Å². The van der Waals surface area contributed by atoms with Crippen molar-refractivity contribution < 1.29 is 14.2 Å². The lowest BCUT2D eigenvalue weighted by atomic mass is 10.1. The molecule has 3 rings (SSSR count). The van der Waals surface area contributed by atoms with Crippen molar-refractivity contribution in [3.05, 3.63) is 24.3 Å². The molecular formula is C36H66N2O3. The van der Waals surface area contributed by atoms with Gasteiger partial charge in [-0.1, -0.05) is 104 Å². The number of fused-ring (bicyclic) bond motifs is 12. The summed E-state index contributed by atoms with van der Waals surface area (Å²) in [6, 6.07) is 8.33. The van der Waals surface area contributed by atoms with Crippen molar-refractivity contribution in [2.24, 2.45) is 0 Å². The second-order valence-corrected chi connectivity index (χ2v) is 12.4. The minimum Gasteiger partial charge on any atom is -0.475 e. The van der Waals surface area contributed by atoms with E-state index in [1.54, 1.807) is 0 Å². The van der Waals surface area contributed by atoms with Gasteiger partial charge in [-0.3, -0.25) is 9.80 Å². The molecule has 0 amide bonds. The maximum Gasteiger partial charge on any atom is 0.152 e. The van der Waals surface area contributed by atoms with E-state index < -0.39 is 0 Å². The number of benzene rings is 1. The summed E-state index contributed by atoms with van der Waals surface area (Å²) in [5, 5.41) is 0. The Hall–Kier alpha value is -1.30. The molecule has 0 aromatic heterocycles. The van der Waals surface area contributed by atoms with Gasteiger partial charge in [0.15, 0.2) is 12.5 Å². The minimum absolute atomic E-state index is 0.0746. The predicted molar refractivity (Wildman–Crippen MR) is 175 cm³/mol. The van der Waals surface area contributed by atoms with Gasteiger partial charge in [0.05, 0.1) is 0 Å². The summed E-state index contributed by atoms with van der Waals surface area (Å²) in [5.41, 5.74) is 0. The highest BCUT2D eigenvalue weighted by atomic mass is 16.5. The number of unbranched alkanes of at least 4 members (excludes halogenated alkanes) is 14. The molecule has 5 heteroatoms. The van der Waals surface area contributed by atoms with Crippen LogP contribution in [-0.4, -0.2) is 62.7 Å². The van der Waals surface area contributed by atoms with E-state index in [9.17, 15) is 0 Å². The van der Waals surface area contributed by atoms with E-state index in [4.69, 9.17) is 14.2 Å². The third-order valence-corrected chi connectivity index (χ3v) is 8.56. The molecule has 2 atom stereocenters. The zero-order chi connectivity index (χ0) is 29.4. The molecule has 1 aromatic rings. The van der Waals surface area contributed by atoms with Crippen LogP contribution in [0.5, 0.6) is 11.5 Å². The van der Waals surface area contributed by atoms with Crippen molar-refractivity contribution in [2.75, 3.05) is 40.4 Å². The van der Waals surface area contributed by atoms with Crippen molar-refractivity contribution in [3.63, 3.8) is 0 Å². The summed E-state index contributed by atoms with van der Waals surface area (Å²) < 4.78 is 19.1. The number of hydrogen-bond acceptors (Lipinski definition) is 5. The molecule has 238 valence electrons. The van der Waals surface area contributed by atoms with Gasteiger partial charge < -0.3 is 14.2 Å². The number of nitrogens with zero attached hydrogens (tertiary/aromatic N) is 2. The van der Waals surface area contributed by atoms with Gasteiger partial charge in [-0.25, -0.2) is 0 Å². The Balaban J connectivity index is 1.82. The molecule has 0 N–H and O–H groups in total. The molecular weight excluding hydrogens is 508 g/mol. The van der Waals surface area contributed by atoms with Crippen LogP contribution >= 0.6 is 0 Å². The number of ether oxygens (including phenoxy) is 3. The van der Waals surface area contributed by atoms with Crippen LogP contribution < -0.4 is 9.47 Å². The van der Waals surface area contributed by atoms with E-state index in [0.29, 0.717) is 0 Å². The first-order valence-corrected chi connectivity index (χ1v) is 17.6. The monoisotopic (exact) mass is 575 g/mol. The Labute approximate surface area is 254 Å². The van der Waals surface area contributed by atoms with E-state index in [1.807, 2.05) is 0 Å². The first-order valence-electron chi connectivity index (χ1n) is 17.6. The summed E-state index contributed by atoms with van der Waals surface area (Å²) in [6.07, 6.45) is 25.7. The lowest BCUT2D eigenvalue weighted by Gasteiger charge is -2.29. The van der Waals surface area contributed by atoms with Gasteiger partial charge >= 0.3 is 0 Å². The molecule has 2 aliphatic rings. The van der Waals surface area contributed by atoms with Crippen molar-refractivity contribution >= 4 is 0 Å². The highest BCUT2D eigenvalue weighted by Gasteiger charge is 2.19. The molecule has 0 spiro atoms. The SMILES string of the molecule is CCCCCCCCCCN(C)C1CCCOCCCC(N(C)CCCCCCCCCC)Oc2ccc(cc2)O1. The van der Waals surface area contributed by atoms with Gasteiger partial charge in [-0.2, -0.15) is 0 Å². The van der Waals surface area contributed by atoms with Gasteiger partial charge in [0.1, 0.15) is 11.5 Å². The molecule has 41 heavy (non-hydrogen) atoms. The molecule has 2 heterocycles. The summed E-state index contributed by atoms with van der Waals surface area (Å²) in [6.45, 7) is 8.32. The lowest BCUT2D eigenvalue weighted by Crippen LogP contribution is -2.37. The molecule has 0 saturated carbocycles. The normalized spacial score (nSPS) is 18.7. The molecule has 5 nitrogen and oxygen atoms in total. The smallest absolute Gasteiger partial charge is 0.152 e. The van der Waals surface area contributed by atoms with Crippen molar-refractivity contribution in [3.8, 4) is 11.5 Å². The van der Waals surface area contributed by atoms with Crippen molar-refractivity contribution in [1.82, 2.24) is 9.80 Å². The average Bonchev–Trinajstić information content (AvgIpc) is 2.99. The average molecular weight is 575 g/mol. The number of rotatable bonds is 20. The van der Waals surface area contributed by atoms with Crippen molar-refractivity contribution in [2.45, 2.75) is 155 Å². The van der Waals surface area contributed by atoms with Gasteiger partial charge in [-0.05, 0) is 64.0 Å². The maximum atomic E-state index is 6.51. The largest absolute Gasteiger partial charge is 0.475 e. The Kier molecular flexibility index (Phi) is 21.2. The first kappa shape index (κ1) is 35.9. The highest BCUT2D eigenvalue weighted by molar-refractivity contribution is 5.31. The van der Waals surface area contributed by atoms with Crippen LogP contribution in [0.1, 0.15) is 142 Å². The standard InChI is InChI=1S/C36H66N2O3/c1-5-7-9-11-13-15-17-19-29-37(3)35-23-21-31-39-32-22-24-36(41-34-27-25-33(40-35)26-28-34)38(4)30-20-18-16-14-12-10-8-6-2/h25-28,35-36H,5-24,29-32H2,1-4H3. The topological polar surface area (TPSA) is 34.2 Å². The zero-order valence-corrected chi connectivity index (χ0v) is 27.6. The molecule has 1 aromatic carbocycles. The summed E-state index contributed by atoms with van der Waals surface area (Å²) in [5.74, 6) is 1.84. The third-order valence-electron chi connectivity index (χ3n) is 8.56. The number of hydrogen-bond donors (Lipinski definition) is 0. The van der Waals surface area contributed by atoms with E-state index in [1.165, 1.54) is 103 Å². The Morgan fingerprint density at radius 2 is 0.878 bits per heavy atom. The fourth-order valence-corrected chi connectivity index (χ4v) is 5.75. The molecule has 2 unspecified atom stereocenters. The van der Waals surface area contributed by atoms with Crippen LogP contribution in [0.25, 0.3) is 0 Å². The summed E-state index contributed by atoms with van der Waals surface area (Å²) >= 11 is 0. The molecule has 0 saturated heterocycles. The second-order valence-electron chi connectivity index (χ2n) is 12.4. The van der Waals surface area contributed by atoms with Crippen LogP contribution in [-0.2, 0) is 4.74 Å². The van der Waals surface area contributed by atoms with Crippen LogP contribution in [0.4, 0.5) is 0 Å². The van der Waals surface area contributed by atoms with Gasteiger partial charge in [0.25, 0.3) is 0 Å². The fraction of sp³-hybridized carbons (Fsp3) is 0.833. The van der Waals surface area contributed by atoms with Crippen LogP contribution in [0.15, 0.2) is 24.3 Å². The minimum atomic E-state index is 0.0746. The van der Waals surface area contributed by atoms with E-state index in [0.717, 1.165) is 63.5 Å². The molecule has 2 bridgehead atoms. The Morgan fingerprint density at radius 1 is 0.537 bits per heavy atom. The highest BCUT2D eigenvalue weighted by Crippen LogP contribution is 2.24. The van der Waals surface area contributed by atoms with Gasteiger partial charge in [-0.15, -0.1) is 0 Å². The fourth-order valence-electron chi connectivity index (χ4n) is 5.75. The van der Waals surface area contributed by atoms with E-state index >= 15 is 0 Å². The third kappa shape index (κ3) is 17.4. The first-order chi connectivity index (χ1) is 20.1. The quantitative estimate of drug-likeness (QED) is 0.145. The lowest BCUT2D eigenvalue weighted by molar-refractivity contribution is 0.0199. The Morgan fingerprint density at radius 3 is 1.24 bits per heavy atom. The van der Waals surface area contributed by atoms with E-state index in [-0.39, 0.29) is 12.5 Å². The predicted octanol–water partition coefficient (Wildman–Crippen LogP) is 9.83. The Bertz CT molecular complexity index is 654. The summed E-state index contributed by atoms with van der Waals surface area (Å²) in [4.78, 5) is 4.80. The van der Waals surface area contributed by atoms with Crippen molar-refractivity contribution in [1.29, 1.82) is 0 Å². The second kappa shape index (κ2) is 24.2.